The van der Waals surface area contributed by atoms with Crippen LogP contribution in [0.3, 0.4) is 0 Å². The maximum absolute atomic E-state index is 5.78. The average molecular weight is 287 g/mol. The van der Waals surface area contributed by atoms with E-state index in [1.54, 1.807) is 0 Å². The minimum absolute atomic E-state index is 0.127. The van der Waals surface area contributed by atoms with E-state index in [1.807, 2.05) is 35.0 Å². The van der Waals surface area contributed by atoms with Gasteiger partial charge in [0.25, 0.3) is 0 Å². The lowest BCUT2D eigenvalue weighted by Gasteiger charge is -2.40. The molecule has 1 aromatic carbocycles. The molecule has 1 aromatic heterocycles. The standard InChI is InChI=1S/C15H21N5O/c1-12(19-9-10-21-15(2,3)11-19)14-16-17-18-20(14)13-7-5-4-6-8-13/h4-8,12H,9-11H2,1-3H3. The van der Waals surface area contributed by atoms with E-state index in [0.29, 0.717) is 0 Å². The quantitative estimate of drug-likeness (QED) is 0.862. The second kappa shape index (κ2) is 5.54. The highest BCUT2D eigenvalue weighted by atomic mass is 16.5. The van der Waals surface area contributed by atoms with Crippen LogP contribution in [0.4, 0.5) is 0 Å². The Morgan fingerprint density at radius 3 is 2.71 bits per heavy atom. The summed E-state index contributed by atoms with van der Waals surface area (Å²) in [6, 6.07) is 10.1. The van der Waals surface area contributed by atoms with Gasteiger partial charge in [-0.15, -0.1) is 5.10 Å². The van der Waals surface area contributed by atoms with E-state index in [1.165, 1.54) is 0 Å². The van der Waals surface area contributed by atoms with Crippen molar-refractivity contribution in [2.75, 3.05) is 19.7 Å². The van der Waals surface area contributed by atoms with Crippen LogP contribution in [0.2, 0.25) is 0 Å². The van der Waals surface area contributed by atoms with Gasteiger partial charge in [-0.2, -0.15) is 4.68 Å². The molecule has 6 nitrogen and oxygen atoms in total. The molecule has 6 heteroatoms. The van der Waals surface area contributed by atoms with Gasteiger partial charge in [-0.25, -0.2) is 0 Å². The van der Waals surface area contributed by atoms with Crippen molar-refractivity contribution < 1.29 is 4.74 Å². The Balaban J connectivity index is 1.86. The van der Waals surface area contributed by atoms with Crippen LogP contribution in [0, 0.1) is 0 Å². The van der Waals surface area contributed by atoms with E-state index in [-0.39, 0.29) is 11.6 Å². The second-order valence-corrected chi connectivity index (χ2v) is 6.04. The zero-order valence-electron chi connectivity index (χ0n) is 12.7. The van der Waals surface area contributed by atoms with Gasteiger partial charge in [0.2, 0.25) is 0 Å². The number of rotatable bonds is 3. The average Bonchev–Trinajstić information content (AvgIpc) is 2.95. The molecule has 0 N–H and O–H groups in total. The summed E-state index contributed by atoms with van der Waals surface area (Å²) in [5, 5.41) is 12.2. The number of benzene rings is 1. The molecule has 2 aromatic rings. The van der Waals surface area contributed by atoms with E-state index in [0.717, 1.165) is 31.2 Å². The topological polar surface area (TPSA) is 56.1 Å². The molecule has 0 radical (unpaired) electrons. The summed E-state index contributed by atoms with van der Waals surface area (Å²) >= 11 is 0. The highest BCUT2D eigenvalue weighted by Crippen LogP contribution is 2.26. The molecule has 1 saturated heterocycles. The first-order chi connectivity index (χ1) is 10.1. The van der Waals surface area contributed by atoms with Gasteiger partial charge in [-0.05, 0) is 43.3 Å². The van der Waals surface area contributed by atoms with E-state index in [2.05, 4.69) is 41.2 Å². The lowest BCUT2D eigenvalue weighted by atomic mass is 10.1. The zero-order chi connectivity index (χ0) is 14.9. The SMILES string of the molecule is CC(c1nnnn1-c1ccccc1)N1CCOC(C)(C)C1. The number of aromatic nitrogens is 4. The molecule has 0 aliphatic carbocycles. The van der Waals surface area contributed by atoms with Crippen molar-refractivity contribution in [2.45, 2.75) is 32.4 Å². The van der Waals surface area contributed by atoms with E-state index >= 15 is 0 Å². The van der Waals surface area contributed by atoms with Gasteiger partial charge in [0, 0.05) is 13.1 Å². The summed E-state index contributed by atoms with van der Waals surface area (Å²) in [7, 11) is 0. The number of tetrazole rings is 1. The van der Waals surface area contributed by atoms with Crippen LogP contribution in [-0.4, -0.2) is 50.4 Å². The number of hydrogen-bond donors (Lipinski definition) is 0. The van der Waals surface area contributed by atoms with Crippen molar-refractivity contribution in [1.82, 2.24) is 25.1 Å². The number of para-hydroxylation sites is 1. The van der Waals surface area contributed by atoms with Crippen LogP contribution in [0.1, 0.15) is 32.6 Å². The summed E-state index contributed by atoms with van der Waals surface area (Å²) in [5.41, 5.74) is 0.856. The fourth-order valence-corrected chi connectivity index (χ4v) is 2.75. The fourth-order valence-electron chi connectivity index (χ4n) is 2.75. The highest BCUT2D eigenvalue weighted by Gasteiger charge is 2.32. The Morgan fingerprint density at radius 2 is 2.00 bits per heavy atom. The predicted molar refractivity (Wildman–Crippen MR) is 79.2 cm³/mol. The first-order valence-corrected chi connectivity index (χ1v) is 7.28. The third kappa shape index (κ3) is 2.96. The monoisotopic (exact) mass is 287 g/mol. The van der Waals surface area contributed by atoms with E-state index in [4.69, 9.17) is 4.74 Å². The van der Waals surface area contributed by atoms with Gasteiger partial charge in [0.05, 0.1) is 23.9 Å². The Labute approximate surface area is 124 Å². The van der Waals surface area contributed by atoms with Crippen molar-refractivity contribution in [3.8, 4) is 5.69 Å². The van der Waals surface area contributed by atoms with Gasteiger partial charge in [-0.1, -0.05) is 18.2 Å². The Kier molecular flexibility index (Phi) is 3.73. The lowest BCUT2D eigenvalue weighted by molar-refractivity contribution is -0.0968. The summed E-state index contributed by atoms with van der Waals surface area (Å²) < 4.78 is 7.59. The molecule has 1 aliphatic rings. The van der Waals surface area contributed by atoms with E-state index in [9.17, 15) is 0 Å². The summed E-state index contributed by atoms with van der Waals surface area (Å²) in [6.07, 6.45) is 0. The molecule has 3 rings (SSSR count). The number of hydrogen-bond acceptors (Lipinski definition) is 5. The molecular weight excluding hydrogens is 266 g/mol. The van der Waals surface area contributed by atoms with Crippen LogP contribution in [-0.2, 0) is 4.74 Å². The smallest absolute Gasteiger partial charge is 0.173 e. The molecular formula is C15H21N5O. The van der Waals surface area contributed by atoms with Crippen molar-refractivity contribution in [3.63, 3.8) is 0 Å². The molecule has 1 fully saturated rings. The van der Waals surface area contributed by atoms with Crippen molar-refractivity contribution >= 4 is 0 Å². The normalized spacial score (nSPS) is 20.3. The maximum atomic E-state index is 5.78. The first kappa shape index (κ1) is 14.2. The molecule has 2 heterocycles. The van der Waals surface area contributed by atoms with Crippen molar-refractivity contribution in [2.24, 2.45) is 0 Å². The Bertz CT molecular complexity index is 595. The van der Waals surface area contributed by atoms with Gasteiger partial charge in [-0.3, -0.25) is 4.90 Å². The van der Waals surface area contributed by atoms with Crippen LogP contribution >= 0.6 is 0 Å². The van der Waals surface area contributed by atoms with E-state index < -0.39 is 0 Å². The van der Waals surface area contributed by atoms with Gasteiger partial charge in [0.1, 0.15) is 0 Å². The molecule has 1 aliphatic heterocycles. The number of nitrogens with zero attached hydrogens (tertiary/aromatic N) is 5. The first-order valence-electron chi connectivity index (χ1n) is 7.28. The molecule has 1 atom stereocenters. The summed E-state index contributed by atoms with van der Waals surface area (Å²) in [6.45, 7) is 8.89. The van der Waals surface area contributed by atoms with Crippen molar-refractivity contribution in [3.05, 3.63) is 36.2 Å². The van der Waals surface area contributed by atoms with Gasteiger partial charge >= 0.3 is 0 Å². The maximum Gasteiger partial charge on any atom is 0.173 e. The third-order valence-corrected chi connectivity index (χ3v) is 3.87. The largest absolute Gasteiger partial charge is 0.373 e. The molecule has 0 amide bonds. The number of ether oxygens (including phenoxy) is 1. The summed E-state index contributed by atoms with van der Waals surface area (Å²) in [5.74, 6) is 0.860. The van der Waals surface area contributed by atoms with Crippen LogP contribution < -0.4 is 0 Å². The third-order valence-electron chi connectivity index (χ3n) is 3.87. The Morgan fingerprint density at radius 1 is 1.24 bits per heavy atom. The van der Waals surface area contributed by atoms with Gasteiger partial charge in [0.15, 0.2) is 5.82 Å². The summed E-state index contributed by atoms with van der Waals surface area (Å²) in [4.78, 5) is 2.37. The molecule has 0 saturated carbocycles. The molecule has 0 spiro atoms. The molecule has 112 valence electrons. The fraction of sp³-hybridized carbons (Fsp3) is 0.533. The molecule has 21 heavy (non-hydrogen) atoms. The minimum Gasteiger partial charge on any atom is -0.373 e. The van der Waals surface area contributed by atoms with Gasteiger partial charge < -0.3 is 4.74 Å². The highest BCUT2D eigenvalue weighted by molar-refractivity contribution is 5.30. The van der Waals surface area contributed by atoms with Crippen LogP contribution in [0.5, 0.6) is 0 Å². The Hall–Kier alpha value is -1.79. The lowest BCUT2D eigenvalue weighted by Crippen LogP contribution is -2.49. The predicted octanol–water partition coefficient (Wildman–Crippen LogP) is 1.83. The van der Waals surface area contributed by atoms with Crippen LogP contribution in [0.15, 0.2) is 30.3 Å². The zero-order valence-corrected chi connectivity index (χ0v) is 12.7. The van der Waals surface area contributed by atoms with Crippen LogP contribution in [0.25, 0.3) is 5.69 Å². The van der Waals surface area contributed by atoms with Crippen molar-refractivity contribution in [1.29, 1.82) is 0 Å². The molecule has 1 unspecified atom stereocenters. The molecule has 0 bridgehead atoms. The second-order valence-electron chi connectivity index (χ2n) is 6.04. The number of morpholine rings is 1. The minimum atomic E-state index is -0.127.